The van der Waals surface area contributed by atoms with Gasteiger partial charge in [-0.15, -0.1) is 5.56 Å². The van der Waals surface area contributed by atoms with E-state index in [-0.39, 0.29) is 21.1 Å². The molecule has 3 nitrogen and oxygen atoms in total. The molecule has 0 atom stereocenters. The van der Waals surface area contributed by atoms with Crippen molar-refractivity contribution >= 4 is 0 Å². The molecule has 0 N–H and O–H groups in total. The van der Waals surface area contributed by atoms with Gasteiger partial charge in [0.15, 0.2) is 0 Å². The molecule has 3 aromatic rings. The summed E-state index contributed by atoms with van der Waals surface area (Å²) in [5.74, 6) is 0. The van der Waals surface area contributed by atoms with Crippen LogP contribution in [0.4, 0.5) is 0 Å². The standard InChI is InChI=1S/C16H14N3.Pt/c1-12-6-5-7-13(2)16(12)19-11-14(10-18-19)15-8-3-4-9-17-15;/h3-9,11H,1-2H3;/q-1;. The van der Waals surface area contributed by atoms with Crippen LogP contribution in [0.3, 0.4) is 0 Å². The van der Waals surface area contributed by atoms with E-state index < -0.39 is 0 Å². The summed E-state index contributed by atoms with van der Waals surface area (Å²) in [5.41, 5.74) is 5.30. The van der Waals surface area contributed by atoms with Gasteiger partial charge < -0.3 is 9.67 Å². The Hall–Kier alpha value is -1.73. The van der Waals surface area contributed by atoms with Gasteiger partial charge >= 0.3 is 0 Å². The van der Waals surface area contributed by atoms with Gasteiger partial charge in [0.2, 0.25) is 0 Å². The molecule has 0 saturated heterocycles. The third-order valence-corrected chi connectivity index (χ3v) is 3.14. The summed E-state index contributed by atoms with van der Waals surface area (Å²) in [4.78, 5) is 4.32. The number of hydrogen-bond acceptors (Lipinski definition) is 2. The first-order valence-electron chi connectivity index (χ1n) is 6.21. The van der Waals surface area contributed by atoms with Gasteiger partial charge in [-0.1, -0.05) is 36.5 Å². The van der Waals surface area contributed by atoms with Gasteiger partial charge in [0.1, 0.15) is 0 Å². The molecule has 2 aromatic heterocycles. The van der Waals surface area contributed by atoms with E-state index in [0.717, 1.165) is 16.9 Å². The van der Waals surface area contributed by atoms with Gasteiger partial charge in [-0.05, 0) is 42.9 Å². The molecule has 3 rings (SSSR count). The van der Waals surface area contributed by atoms with Crippen molar-refractivity contribution in [1.29, 1.82) is 0 Å². The molecule has 0 fully saturated rings. The summed E-state index contributed by atoms with van der Waals surface area (Å²) >= 11 is 0. The van der Waals surface area contributed by atoms with Gasteiger partial charge in [0, 0.05) is 27.3 Å². The van der Waals surface area contributed by atoms with Crippen LogP contribution in [0.25, 0.3) is 16.9 Å². The Labute approximate surface area is 132 Å². The molecule has 0 aliphatic carbocycles. The Bertz CT molecular complexity index is 685. The Kier molecular flexibility index (Phi) is 4.51. The molecular formula is C16H14N3Pt-. The third kappa shape index (κ3) is 2.73. The van der Waals surface area contributed by atoms with E-state index in [0.29, 0.717) is 0 Å². The van der Waals surface area contributed by atoms with Gasteiger partial charge in [-0.3, -0.25) is 5.10 Å². The third-order valence-electron chi connectivity index (χ3n) is 3.14. The fourth-order valence-electron chi connectivity index (χ4n) is 2.21. The van der Waals surface area contributed by atoms with Crippen LogP contribution in [0.5, 0.6) is 0 Å². The maximum atomic E-state index is 4.34. The fraction of sp³-hybridized carbons (Fsp3) is 0.125. The Morgan fingerprint density at radius 3 is 2.40 bits per heavy atom. The number of pyridine rings is 1. The molecule has 0 saturated carbocycles. The van der Waals surface area contributed by atoms with Crippen molar-refractivity contribution in [2.45, 2.75) is 13.8 Å². The summed E-state index contributed by atoms with van der Waals surface area (Å²) in [7, 11) is 0. The summed E-state index contributed by atoms with van der Waals surface area (Å²) < 4.78 is 1.87. The van der Waals surface area contributed by atoms with Crippen LogP contribution >= 0.6 is 0 Å². The van der Waals surface area contributed by atoms with E-state index in [1.165, 1.54) is 11.1 Å². The SMILES string of the molecule is Cc1cccc(C)c1-n1cc(-c2ccccn2)[c-]n1.[Pt]. The number of aromatic nitrogens is 3. The van der Waals surface area contributed by atoms with Crippen molar-refractivity contribution in [3.8, 4) is 16.9 Å². The van der Waals surface area contributed by atoms with Gasteiger partial charge in [0.25, 0.3) is 0 Å². The van der Waals surface area contributed by atoms with Crippen LogP contribution in [0.15, 0.2) is 48.8 Å². The van der Waals surface area contributed by atoms with E-state index in [2.05, 4.69) is 48.3 Å². The average Bonchev–Trinajstić information content (AvgIpc) is 2.89. The number of hydrogen-bond donors (Lipinski definition) is 0. The topological polar surface area (TPSA) is 30.7 Å². The molecule has 0 aliphatic rings. The molecule has 0 unspecified atom stereocenters. The van der Waals surface area contributed by atoms with Crippen molar-refractivity contribution < 1.29 is 21.1 Å². The molecule has 104 valence electrons. The van der Waals surface area contributed by atoms with Crippen molar-refractivity contribution in [2.24, 2.45) is 0 Å². The van der Waals surface area contributed by atoms with E-state index in [1.807, 2.05) is 29.1 Å². The molecule has 4 heteroatoms. The molecule has 1 aromatic carbocycles. The first-order valence-corrected chi connectivity index (χ1v) is 6.21. The van der Waals surface area contributed by atoms with Crippen LogP contribution in [0, 0.1) is 20.0 Å². The monoisotopic (exact) mass is 443 g/mol. The molecule has 0 radical (unpaired) electrons. The first-order chi connectivity index (χ1) is 9.25. The minimum absolute atomic E-state index is 0. The largest absolute Gasteiger partial charge is 0.321 e. The molecular weight excluding hydrogens is 429 g/mol. The van der Waals surface area contributed by atoms with Crippen molar-refractivity contribution in [3.05, 3.63) is 66.1 Å². The summed E-state index contributed by atoms with van der Waals surface area (Å²) in [5, 5.41) is 4.34. The second-order valence-electron chi connectivity index (χ2n) is 4.55. The average molecular weight is 443 g/mol. The van der Waals surface area contributed by atoms with Crippen LogP contribution in [-0.2, 0) is 21.1 Å². The number of benzene rings is 1. The maximum absolute atomic E-state index is 4.34. The predicted octanol–water partition coefficient (Wildman–Crippen LogP) is 3.35. The summed E-state index contributed by atoms with van der Waals surface area (Å²) in [6.45, 7) is 4.18. The van der Waals surface area contributed by atoms with Crippen LogP contribution in [0.2, 0.25) is 0 Å². The molecule has 0 spiro atoms. The second-order valence-corrected chi connectivity index (χ2v) is 4.55. The molecule has 2 heterocycles. The minimum atomic E-state index is 0. The minimum Gasteiger partial charge on any atom is -0.321 e. The quantitative estimate of drug-likeness (QED) is 0.569. The zero-order valence-electron chi connectivity index (χ0n) is 11.3. The first kappa shape index (κ1) is 14.7. The van der Waals surface area contributed by atoms with Crippen LogP contribution in [0.1, 0.15) is 11.1 Å². The molecule has 0 aliphatic heterocycles. The Balaban J connectivity index is 0.00000147. The second kappa shape index (κ2) is 6.15. The van der Waals surface area contributed by atoms with Crippen molar-refractivity contribution in [3.63, 3.8) is 0 Å². The molecule has 20 heavy (non-hydrogen) atoms. The smallest absolute Gasteiger partial charge is 0.0553 e. The van der Waals surface area contributed by atoms with Crippen molar-refractivity contribution in [2.75, 3.05) is 0 Å². The van der Waals surface area contributed by atoms with Crippen LogP contribution < -0.4 is 0 Å². The zero-order valence-corrected chi connectivity index (χ0v) is 13.5. The summed E-state index contributed by atoms with van der Waals surface area (Å²) in [6.07, 6.45) is 6.77. The van der Waals surface area contributed by atoms with Gasteiger partial charge in [0.05, 0.1) is 5.69 Å². The van der Waals surface area contributed by atoms with Gasteiger partial charge in [-0.2, -0.15) is 0 Å². The number of aryl methyl sites for hydroxylation is 2. The number of para-hydroxylation sites is 1. The Morgan fingerprint density at radius 1 is 1.00 bits per heavy atom. The van der Waals surface area contributed by atoms with E-state index in [1.54, 1.807) is 6.20 Å². The predicted molar refractivity (Wildman–Crippen MR) is 75.1 cm³/mol. The van der Waals surface area contributed by atoms with E-state index in [4.69, 9.17) is 0 Å². The maximum Gasteiger partial charge on any atom is 0.0553 e. The van der Waals surface area contributed by atoms with E-state index in [9.17, 15) is 0 Å². The van der Waals surface area contributed by atoms with E-state index >= 15 is 0 Å². The zero-order chi connectivity index (χ0) is 13.2. The molecule has 0 bridgehead atoms. The van der Waals surface area contributed by atoms with Crippen molar-refractivity contribution in [1.82, 2.24) is 14.8 Å². The fourth-order valence-corrected chi connectivity index (χ4v) is 2.21. The van der Waals surface area contributed by atoms with Crippen LogP contribution in [-0.4, -0.2) is 14.8 Å². The van der Waals surface area contributed by atoms with Gasteiger partial charge in [-0.25, -0.2) is 0 Å². The number of rotatable bonds is 2. The Morgan fingerprint density at radius 2 is 1.75 bits per heavy atom. The number of nitrogens with zero attached hydrogens (tertiary/aromatic N) is 3. The molecule has 0 amide bonds. The normalized spacial score (nSPS) is 10.1. The summed E-state index contributed by atoms with van der Waals surface area (Å²) in [6, 6.07) is 12.1.